The molecule has 0 fully saturated rings. The van der Waals surface area contributed by atoms with Crippen molar-refractivity contribution in [2.75, 3.05) is 10.4 Å². The van der Waals surface area contributed by atoms with E-state index in [1.54, 1.807) is 5.01 Å². The predicted octanol–water partition coefficient (Wildman–Crippen LogP) is 5.86. The lowest BCUT2D eigenvalue weighted by molar-refractivity contribution is -0.124. The third-order valence-corrected chi connectivity index (χ3v) is 6.25. The number of hydrogen-bond donors (Lipinski definition) is 1. The van der Waals surface area contributed by atoms with Crippen molar-refractivity contribution in [2.24, 2.45) is 0 Å². The topological polar surface area (TPSA) is 49.4 Å². The molecule has 1 aliphatic heterocycles. The van der Waals surface area contributed by atoms with Crippen molar-refractivity contribution in [3.05, 3.63) is 95.1 Å². The van der Waals surface area contributed by atoms with Gasteiger partial charge < -0.3 is 0 Å². The maximum Gasteiger partial charge on any atom is 0.253 e. The van der Waals surface area contributed by atoms with Gasteiger partial charge in [0, 0.05) is 12.8 Å². The van der Waals surface area contributed by atoms with Gasteiger partial charge in [-0.1, -0.05) is 80.6 Å². The van der Waals surface area contributed by atoms with Crippen LogP contribution in [0.1, 0.15) is 54.9 Å². The molecule has 1 N–H and O–H groups in total. The van der Waals surface area contributed by atoms with Crippen LogP contribution in [0.3, 0.4) is 0 Å². The van der Waals surface area contributed by atoms with Gasteiger partial charge in [0.25, 0.3) is 5.91 Å². The Morgan fingerprint density at radius 3 is 2.31 bits per heavy atom. The van der Waals surface area contributed by atoms with Crippen LogP contribution in [0.4, 0.5) is 11.4 Å². The molecule has 0 saturated carbocycles. The minimum Gasteiger partial charge on any atom is -0.300 e. The molecule has 1 heterocycles. The second-order valence-electron chi connectivity index (χ2n) is 8.29. The van der Waals surface area contributed by atoms with Crippen molar-refractivity contribution in [3.8, 4) is 0 Å². The smallest absolute Gasteiger partial charge is 0.253 e. The number of aryl methyl sites for hydroxylation is 3. The predicted molar refractivity (Wildman–Crippen MR) is 130 cm³/mol. The average Bonchev–Trinajstić information content (AvgIpc) is 3.09. The summed E-state index contributed by atoms with van der Waals surface area (Å²) in [6.45, 7) is 4.20. The SMILES string of the molecule is CCc1ccccc1NN1C(=O)C(CC(=O)CCc2ccccc2)c2cccc(CC)c21. The van der Waals surface area contributed by atoms with Crippen molar-refractivity contribution in [1.29, 1.82) is 0 Å². The van der Waals surface area contributed by atoms with E-state index in [9.17, 15) is 9.59 Å². The van der Waals surface area contributed by atoms with Crippen LogP contribution in [0.2, 0.25) is 0 Å². The van der Waals surface area contributed by atoms with E-state index in [-0.39, 0.29) is 18.1 Å². The van der Waals surface area contributed by atoms with E-state index in [2.05, 4.69) is 31.4 Å². The molecular weight excluding hydrogens is 396 g/mol. The number of benzene rings is 3. The first-order valence-corrected chi connectivity index (χ1v) is 11.5. The maximum absolute atomic E-state index is 13.6. The molecule has 1 amide bonds. The Hall–Kier alpha value is -3.40. The Kier molecular flexibility index (Phi) is 6.69. The molecule has 32 heavy (non-hydrogen) atoms. The number of carbonyl (C=O) groups excluding carboxylic acids is 2. The number of carbonyl (C=O) groups is 2. The molecule has 0 bridgehead atoms. The summed E-state index contributed by atoms with van der Waals surface area (Å²) in [4.78, 5) is 26.4. The third-order valence-electron chi connectivity index (χ3n) is 6.25. The molecule has 0 aliphatic carbocycles. The van der Waals surface area contributed by atoms with Crippen molar-refractivity contribution >= 4 is 23.1 Å². The molecule has 0 aromatic heterocycles. The van der Waals surface area contributed by atoms with Crippen LogP contribution in [0, 0.1) is 0 Å². The van der Waals surface area contributed by atoms with Crippen LogP contribution in [-0.4, -0.2) is 11.7 Å². The number of anilines is 2. The first kappa shape index (κ1) is 21.8. The Morgan fingerprint density at radius 2 is 1.56 bits per heavy atom. The number of nitrogens with zero attached hydrogens (tertiary/aromatic N) is 1. The number of hydrogen-bond acceptors (Lipinski definition) is 3. The minimum absolute atomic E-state index is 0.0557. The molecule has 4 heteroatoms. The quantitative estimate of drug-likeness (QED) is 0.466. The third kappa shape index (κ3) is 4.45. The van der Waals surface area contributed by atoms with Gasteiger partial charge in [-0.2, -0.15) is 0 Å². The van der Waals surface area contributed by atoms with Gasteiger partial charge in [0.15, 0.2) is 0 Å². The Labute approximate surface area is 190 Å². The Morgan fingerprint density at radius 1 is 0.875 bits per heavy atom. The van der Waals surface area contributed by atoms with Crippen LogP contribution in [0.5, 0.6) is 0 Å². The van der Waals surface area contributed by atoms with Crippen molar-refractivity contribution < 1.29 is 9.59 Å². The summed E-state index contributed by atoms with van der Waals surface area (Å²) in [6, 6.07) is 24.1. The van der Waals surface area contributed by atoms with Crippen LogP contribution < -0.4 is 10.4 Å². The van der Waals surface area contributed by atoms with Gasteiger partial charge >= 0.3 is 0 Å². The fraction of sp³-hybridized carbons (Fsp3) is 0.286. The Balaban J connectivity index is 1.58. The molecule has 1 aliphatic rings. The summed E-state index contributed by atoms with van der Waals surface area (Å²) in [7, 11) is 0. The number of fused-ring (bicyclic) bond motifs is 1. The van der Waals surface area contributed by atoms with Gasteiger partial charge in [-0.05, 0) is 47.6 Å². The highest BCUT2D eigenvalue weighted by Crippen LogP contribution is 2.42. The fourth-order valence-corrected chi connectivity index (χ4v) is 4.47. The van der Waals surface area contributed by atoms with Gasteiger partial charge in [-0.3, -0.25) is 15.0 Å². The van der Waals surface area contributed by atoms with E-state index in [1.807, 2.05) is 60.7 Å². The van der Waals surface area contributed by atoms with Gasteiger partial charge in [-0.25, -0.2) is 5.01 Å². The summed E-state index contributed by atoms with van der Waals surface area (Å²) < 4.78 is 0. The van der Waals surface area contributed by atoms with Crippen molar-refractivity contribution in [2.45, 2.75) is 51.9 Å². The van der Waals surface area contributed by atoms with Crippen LogP contribution in [-0.2, 0) is 28.9 Å². The number of nitrogens with one attached hydrogen (secondary N) is 1. The Bertz CT molecular complexity index is 1110. The van der Waals surface area contributed by atoms with E-state index < -0.39 is 5.92 Å². The molecule has 164 valence electrons. The van der Waals surface area contributed by atoms with Gasteiger partial charge in [0.05, 0.1) is 17.3 Å². The number of para-hydroxylation sites is 2. The number of ketones is 1. The maximum atomic E-state index is 13.6. The number of amides is 1. The summed E-state index contributed by atoms with van der Waals surface area (Å²) >= 11 is 0. The first-order valence-electron chi connectivity index (χ1n) is 11.5. The molecule has 1 unspecified atom stereocenters. The summed E-state index contributed by atoms with van der Waals surface area (Å²) in [5.74, 6) is -0.378. The molecular formula is C28H30N2O2. The average molecular weight is 427 g/mol. The lowest BCUT2D eigenvalue weighted by Crippen LogP contribution is -2.35. The van der Waals surface area contributed by atoms with Crippen molar-refractivity contribution in [3.63, 3.8) is 0 Å². The van der Waals surface area contributed by atoms with E-state index in [1.165, 1.54) is 0 Å². The zero-order valence-corrected chi connectivity index (χ0v) is 18.8. The lowest BCUT2D eigenvalue weighted by atomic mass is 9.92. The highest BCUT2D eigenvalue weighted by atomic mass is 16.2. The van der Waals surface area contributed by atoms with Crippen molar-refractivity contribution in [1.82, 2.24) is 0 Å². The van der Waals surface area contributed by atoms with Crippen LogP contribution in [0.25, 0.3) is 0 Å². The number of Topliss-reactive ketones (excluding diaryl/α,β-unsaturated/α-hetero) is 1. The number of hydrazine groups is 1. The standard InChI is InChI=1S/C28H30N2O2/c1-3-21-13-8-9-16-26(21)29-30-27-22(4-2)14-10-15-24(27)25(28(30)32)19-23(31)18-17-20-11-6-5-7-12-20/h5-16,25,29H,3-4,17-19H2,1-2H3. The van der Waals surface area contributed by atoms with Crippen LogP contribution in [0.15, 0.2) is 72.8 Å². The highest BCUT2D eigenvalue weighted by Gasteiger charge is 2.40. The molecule has 3 aromatic carbocycles. The fourth-order valence-electron chi connectivity index (χ4n) is 4.47. The molecule has 3 aromatic rings. The van der Waals surface area contributed by atoms with Gasteiger partial charge in [-0.15, -0.1) is 0 Å². The lowest BCUT2D eigenvalue weighted by Gasteiger charge is -2.23. The molecule has 0 radical (unpaired) electrons. The summed E-state index contributed by atoms with van der Waals surface area (Å²) in [5.41, 5.74) is 9.56. The van der Waals surface area contributed by atoms with E-state index in [4.69, 9.17) is 0 Å². The highest BCUT2D eigenvalue weighted by molar-refractivity contribution is 6.09. The normalized spacial score (nSPS) is 15.0. The zero-order chi connectivity index (χ0) is 22.5. The zero-order valence-electron chi connectivity index (χ0n) is 18.8. The molecule has 0 spiro atoms. The minimum atomic E-state index is -0.443. The largest absolute Gasteiger partial charge is 0.300 e. The van der Waals surface area contributed by atoms with E-state index >= 15 is 0 Å². The monoisotopic (exact) mass is 426 g/mol. The van der Waals surface area contributed by atoms with E-state index in [0.29, 0.717) is 12.8 Å². The second kappa shape index (κ2) is 9.82. The van der Waals surface area contributed by atoms with Crippen LogP contribution >= 0.6 is 0 Å². The second-order valence-corrected chi connectivity index (χ2v) is 8.29. The number of rotatable bonds is 9. The molecule has 4 nitrogen and oxygen atoms in total. The molecule has 1 atom stereocenters. The van der Waals surface area contributed by atoms with Gasteiger partial charge in [0.1, 0.15) is 5.78 Å². The van der Waals surface area contributed by atoms with Gasteiger partial charge in [0.2, 0.25) is 0 Å². The molecule has 0 saturated heterocycles. The summed E-state index contributed by atoms with van der Waals surface area (Å²) in [5, 5.41) is 1.68. The van der Waals surface area contributed by atoms with E-state index in [0.717, 1.165) is 46.5 Å². The summed E-state index contributed by atoms with van der Waals surface area (Å²) in [6.07, 6.45) is 3.07. The molecule has 4 rings (SSSR count). The first-order chi connectivity index (χ1) is 15.6.